The third kappa shape index (κ3) is 5.92. The van der Waals surface area contributed by atoms with Crippen LogP contribution in [0, 0.1) is 13.8 Å². The standard InChI is InChI=1S/C33H34Cl2N2O3S/c1-18-9-11-21(16-26(18)34)36-29(39)23(30(40)37(31(36)41)22-12-10-19(2)27(35)17-22)13-20-14-24(32(3,4)5)28(38)25(15-20)33(6,7)8/h9-17,38H,1-8H3. The SMILES string of the molecule is Cc1ccc(N2C(=O)C(=Cc3cc(C(C)(C)C)c(O)c(C(C)(C)C)c3)C(=O)N(c3ccc(C)c(Cl)c3)C2=S)cc1Cl. The van der Waals surface area contributed by atoms with E-state index in [-0.39, 0.29) is 16.4 Å². The number of halogens is 2. The number of amides is 2. The highest BCUT2D eigenvalue weighted by Gasteiger charge is 2.41. The minimum Gasteiger partial charge on any atom is -0.507 e. The van der Waals surface area contributed by atoms with Gasteiger partial charge in [-0.15, -0.1) is 0 Å². The second-order valence-corrected chi connectivity index (χ2v) is 13.6. The van der Waals surface area contributed by atoms with Crippen LogP contribution in [0.1, 0.15) is 69.4 Å². The molecule has 8 heteroatoms. The first-order valence-corrected chi connectivity index (χ1v) is 14.4. The predicted octanol–water partition coefficient (Wildman–Crippen LogP) is 8.66. The molecular weight excluding hydrogens is 575 g/mol. The van der Waals surface area contributed by atoms with Gasteiger partial charge in [0, 0.05) is 21.2 Å². The van der Waals surface area contributed by atoms with Crippen LogP contribution in [-0.2, 0) is 20.4 Å². The molecule has 1 aliphatic heterocycles. The minimum absolute atomic E-state index is 0.00606. The Hall–Kier alpha value is -3.19. The monoisotopic (exact) mass is 608 g/mol. The van der Waals surface area contributed by atoms with Crippen LogP contribution in [0.2, 0.25) is 10.0 Å². The van der Waals surface area contributed by atoms with Gasteiger partial charge in [0.15, 0.2) is 5.11 Å². The van der Waals surface area contributed by atoms with E-state index in [9.17, 15) is 14.7 Å². The molecule has 1 saturated heterocycles. The van der Waals surface area contributed by atoms with Gasteiger partial charge in [-0.3, -0.25) is 19.4 Å². The number of rotatable bonds is 3. The van der Waals surface area contributed by atoms with Gasteiger partial charge in [-0.05, 0) is 96.1 Å². The maximum absolute atomic E-state index is 14.1. The molecule has 0 saturated carbocycles. The third-order valence-electron chi connectivity index (χ3n) is 7.14. The Morgan fingerprint density at radius 2 is 1.12 bits per heavy atom. The van der Waals surface area contributed by atoms with E-state index in [1.54, 1.807) is 42.5 Å². The number of benzene rings is 3. The number of carbonyl (C=O) groups excluding carboxylic acids is 2. The number of anilines is 2. The summed E-state index contributed by atoms with van der Waals surface area (Å²) in [5, 5.41) is 12.1. The molecule has 0 unspecified atom stereocenters. The van der Waals surface area contributed by atoms with Gasteiger partial charge >= 0.3 is 0 Å². The van der Waals surface area contributed by atoms with E-state index in [0.717, 1.165) is 11.1 Å². The third-order valence-corrected chi connectivity index (χ3v) is 8.32. The van der Waals surface area contributed by atoms with Gasteiger partial charge in [-0.25, -0.2) is 0 Å². The van der Waals surface area contributed by atoms with Crippen molar-refractivity contribution >= 4 is 69.8 Å². The van der Waals surface area contributed by atoms with Crippen LogP contribution in [0.4, 0.5) is 11.4 Å². The van der Waals surface area contributed by atoms with E-state index in [2.05, 4.69) is 0 Å². The lowest BCUT2D eigenvalue weighted by Crippen LogP contribution is -2.57. The molecule has 2 amide bonds. The topological polar surface area (TPSA) is 60.9 Å². The van der Waals surface area contributed by atoms with E-state index < -0.39 is 22.6 Å². The zero-order chi connectivity index (χ0) is 30.6. The molecule has 0 spiro atoms. The van der Waals surface area contributed by atoms with Crippen molar-refractivity contribution in [2.45, 2.75) is 66.2 Å². The number of hydrogen-bond acceptors (Lipinski definition) is 4. The fraction of sp³-hybridized carbons (Fsp3) is 0.303. The van der Waals surface area contributed by atoms with Gasteiger partial charge in [0.05, 0.1) is 11.4 Å². The maximum Gasteiger partial charge on any atom is 0.270 e. The summed E-state index contributed by atoms with van der Waals surface area (Å²) in [4.78, 5) is 30.8. The Labute approximate surface area is 257 Å². The molecule has 3 aromatic carbocycles. The van der Waals surface area contributed by atoms with Crippen molar-refractivity contribution in [1.29, 1.82) is 0 Å². The quantitative estimate of drug-likeness (QED) is 0.183. The van der Waals surface area contributed by atoms with Gasteiger partial charge in [-0.2, -0.15) is 0 Å². The largest absolute Gasteiger partial charge is 0.507 e. The summed E-state index contributed by atoms with van der Waals surface area (Å²) < 4.78 is 0. The molecule has 41 heavy (non-hydrogen) atoms. The molecule has 1 heterocycles. The van der Waals surface area contributed by atoms with E-state index >= 15 is 0 Å². The molecule has 1 aliphatic rings. The Balaban J connectivity index is 1.98. The molecule has 3 aromatic rings. The number of phenols is 1. The van der Waals surface area contributed by atoms with E-state index in [0.29, 0.717) is 38.1 Å². The first-order chi connectivity index (χ1) is 18.9. The Bertz CT molecular complexity index is 1520. The Kier molecular flexibility index (Phi) is 8.18. The molecule has 214 valence electrons. The lowest BCUT2D eigenvalue weighted by Gasteiger charge is -2.37. The summed E-state index contributed by atoms with van der Waals surface area (Å²) in [7, 11) is 0. The average molecular weight is 610 g/mol. The fourth-order valence-corrected chi connectivity index (χ4v) is 5.40. The van der Waals surface area contributed by atoms with E-state index in [1.165, 1.54) is 9.80 Å². The molecule has 0 atom stereocenters. The summed E-state index contributed by atoms with van der Waals surface area (Å²) in [5.74, 6) is -0.935. The molecule has 5 nitrogen and oxygen atoms in total. The second-order valence-electron chi connectivity index (χ2n) is 12.5. The van der Waals surface area contributed by atoms with Crippen LogP contribution < -0.4 is 9.80 Å². The highest BCUT2D eigenvalue weighted by atomic mass is 35.5. The molecular formula is C33H34Cl2N2O3S. The summed E-state index contributed by atoms with van der Waals surface area (Å²) in [6.45, 7) is 15.8. The highest BCUT2D eigenvalue weighted by molar-refractivity contribution is 7.81. The summed E-state index contributed by atoms with van der Waals surface area (Å²) in [5.41, 5.74) is 3.73. The first kappa shape index (κ1) is 30.8. The highest BCUT2D eigenvalue weighted by Crippen LogP contribution is 2.41. The van der Waals surface area contributed by atoms with Gasteiger partial charge in [-0.1, -0.05) is 76.9 Å². The number of hydrogen-bond donors (Lipinski definition) is 1. The van der Waals surface area contributed by atoms with Gasteiger partial charge in [0.25, 0.3) is 11.8 Å². The van der Waals surface area contributed by atoms with Crippen LogP contribution in [0.15, 0.2) is 54.1 Å². The van der Waals surface area contributed by atoms with Crippen molar-refractivity contribution in [2.24, 2.45) is 0 Å². The van der Waals surface area contributed by atoms with Gasteiger partial charge < -0.3 is 5.11 Å². The normalized spacial score (nSPS) is 14.7. The molecule has 0 bridgehead atoms. The van der Waals surface area contributed by atoms with Crippen LogP contribution in [0.25, 0.3) is 6.08 Å². The van der Waals surface area contributed by atoms with E-state index in [4.69, 9.17) is 35.4 Å². The average Bonchev–Trinajstić information content (AvgIpc) is 2.85. The Morgan fingerprint density at radius 3 is 1.46 bits per heavy atom. The minimum atomic E-state index is -0.572. The lowest BCUT2D eigenvalue weighted by molar-refractivity contribution is -0.120. The van der Waals surface area contributed by atoms with Crippen molar-refractivity contribution in [1.82, 2.24) is 0 Å². The van der Waals surface area contributed by atoms with Crippen LogP contribution in [0.5, 0.6) is 5.75 Å². The number of aromatic hydroxyl groups is 1. The molecule has 0 aromatic heterocycles. The maximum atomic E-state index is 14.1. The van der Waals surface area contributed by atoms with Gasteiger partial charge in [0.2, 0.25) is 0 Å². The number of aryl methyl sites for hydroxylation is 2. The van der Waals surface area contributed by atoms with Crippen molar-refractivity contribution < 1.29 is 14.7 Å². The number of phenolic OH excluding ortho intramolecular Hbond substituents is 1. The summed E-state index contributed by atoms with van der Waals surface area (Å²) in [6.07, 6.45) is 1.57. The smallest absolute Gasteiger partial charge is 0.270 e. The summed E-state index contributed by atoms with van der Waals surface area (Å²) in [6, 6.07) is 14.0. The summed E-state index contributed by atoms with van der Waals surface area (Å²) >= 11 is 18.6. The van der Waals surface area contributed by atoms with Crippen LogP contribution in [-0.4, -0.2) is 22.0 Å². The number of thiocarbonyl (C=S) groups is 1. The van der Waals surface area contributed by atoms with Crippen molar-refractivity contribution in [2.75, 3.05) is 9.80 Å². The van der Waals surface area contributed by atoms with Gasteiger partial charge in [0.1, 0.15) is 11.3 Å². The van der Waals surface area contributed by atoms with Crippen molar-refractivity contribution in [3.8, 4) is 5.75 Å². The molecule has 0 radical (unpaired) electrons. The second kappa shape index (κ2) is 10.9. The fourth-order valence-electron chi connectivity index (χ4n) is 4.68. The molecule has 4 rings (SSSR count). The lowest BCUT2D eigenvalue weighted by atomic mass is 9.78. The molecule has 0 aliphatic carbocycles. The van der Waals surface area contributed by atoms with Crippen LogP contribution in [0.3, 0.4) is 0 Å². The molecule has 1 fully saturated rings. The van der Waals surface area contributed by atoms with E-state index in [1.807, 2.05) is 67.5 Å². The van der Waals surface area contributed by atoms with Crippen molar-refractivity contribution in [3.05, 3.63) is 92.0 Å². The zero-order valence-corrected chi connectivity index (χ0v) is 26.8. The molecule has 1 N–H and O–H groups in total. The number of carbonyl (C=O) groups is 2. The predicted molar refractivity (Wildman–Crippen MR) is 173 cm³/mol. The first-order valence-electron chi connectivity index (χ1n) is 13.3. The Morgan fingerprint density at radius 1 is 0.732 bits per heavy atom. The van der Waals surface area contributed by atoms with Crippen LogP contribution >= 0.6 is 35.4 Å². The number of nitrogens with zero attached hydrogens (tertiary/aromatic N) is 2. The van der Waals surface area contributed by atoms with Crippen molar-refractivity contribution in [3.63, 3.8) is 0 Å². The zero-order valence-electron chi connectivity index (χ0n) is 24.5.